The lowest BCUT2D eigenvalue weighted by Crippen LogP contribution is -2.46. The third-order valence-electron chi connectivity index (χ3n) is 2.31. The van der Waals surface area contributed by atoms with Crippen molar-refractivity contribution in [2.75, 3.05) is 13.1 Å². The molecular weight excluding hydrogens is 194 g/mol. The molecule has 0 bridgehead atoms. The minimum Gasteiger partial charge on any atom is -0.352 e. The fourth-order valence-corrected chi connectivity index (χ4v) is 0.760. The number of nitrogens with two attached hydrogens (primary N) is 1. The van der Waals surface area contributed by atoms with Crippen LogP contribution in [-0.2, 0) is 9.59 Å². The molecule has 5 nitrogen and oxygen atoms in total. The minimum absolute atomic E-state index is 0.00748. The van der Waals surface area contributed by atoms with Gasteiger partial charge in [-0.05, 0) is 12.3 Å². The number of rotatable bonds is 4. The van der Waals surface area contributed by atoms with Crippen molar-refractivity contribution in [3.8, 4) is 0 Å². The summed E-state index contributed by atoms with van der Waals surface area (Å²) in [5.74, 6) is -0.521. The van der Waals surface area contributed by atoms with Gasteiger partial charge in [0.2, 0.25) is 11.8 Å². The van der Waals surface area contributed by atoms with Crippen LogP contribution in [0.4, 0.5) is 0 Å². The summed E-state index contributed by atoms with van der Waals surface area (Å²) >= 11 is 0. The molecule has 1 atom stereocenters. The highest BCUT2D eigenvalue weighted by atomic mass is 16.2. The van der Waals surface area contributed by atoms with Crippen LogP contribution in [0, 0.1) is 5.41 Å². The maximum Gasteiger partial charge on any atom is 0.239 e. The predicted molar refractivity (Wildman–Crippen MR) is 59.1 cm³/mol. The first kappa shape index (κ1) is 13.9. The van der Waals surface area contributed by atoms with Crippen LogP contribution in [0.5, 0.6) is 0 Å². The third-order valence-corrected chi connectivity index (χ3v) is 2.31. The Morgan fingerprint density at radius 3 is 2.20 bits per heavy atom. The molecule has 88 valence electrons. The van der Waals surface area contributed by atoms with Crippen LogP contribution in [-0.4, -0.2) is 30.9 Å². The summed E-state index contributed by atoms with van der Waals surface area (Å²) in [5, 5.41) is 5.22. The van der Waals surface area contributed by atoms with E-state index in [0.29, 0.717) is 0 Å². The zero-order chi connectivity index (χ0) is 12.1. The van der Waals surface area contributed by atoms with E-state index in [2.05, 4.69) is 10.6 Å². The van der Waals surface area contributed by atoms with Gasteiger partial charge in [0, 0.05) is 6.04 Å². The Bertz CT molecular complexity index is 233. The number of carbonyl (C=O) groups is 2. The van der Waals surface area contributed by atoms with Gasteiger partial charge in [-0.2, -0.15) is 0 Å². The summed E-state index contributed by atoms with van der Waals surface area (Å²) in [5.41, 5.74) is 5.09. The van der Waals surface area contributed by atoms with Gasteiger partial charge in [0.25, 0.3) is 0 Å². The molecule has 0 radical (unpaired) electrons. The van der Waals surface area contributed by atoms with Gasteiger partial charge in [0.05, 0.1) is 13.1 Å². The molecule has 0 rings (SSSR count). The first-order valence-corrected chi connectivity index (χ1v) is 5.03. The van der Waals surface area contributed by atoms with E-state index >= 15 is 0 Å². The van der Waals surface area contributed by atoms with Gasteiger partial charge in [-0.3, -0.25) is 9.59 Å². The smallest absolute Gasteiger partial charge is 0.239 e. The normalized spacial score (nSPS) is 13.1. The molecule has 0 aliphatic carbocycles. The van der Waals surface area contributed by atoms with E-state index < -0.39 is 0 Å². The molecule has 0 heterocycles. The zero-order valence-electron chi connectivity index (χ0n) is 9.89. The lowest BCUT2D eigenvalue weighted by Gasteiger charge is -2.28. The summed E-state index contributed by atoms with van der Waals surface area (Å²) in [6, 6.07) is 0.0554. The Balaban J connectivity index is 3.90. The molecule has 0 spiro atoms. The van der Waals surface area contributed by atoms with E-state index in [0.717, 1.165) is 0 Å². The monoisotopic (exact) mass is 215 g/mol. The fourth-order valence-electron chi connectivity index (χ4n) is 0.760. The molecule has 0 aliphatic heterocycles. The second kappa shape index (κ2) is 5.70. The topological polar surface area (TPSA) is 84.2 Å². The Morgan fingerprint density at radius 2 is 1.80 bits per heavy atom. The predicted octanol–water partition coefficient (Wildman–Crippen LogP) is -0.388. The SMILES string of the molecule is CC(NC(=O)CNC(=O)CN)C(C)(C)C. The van der Waals surface area contributed by atoms with E-state index in [1.165, 1.54) is 0 Å². The molecule has 0 saturated carbocycles. The molecule has 0 fully saturated rings. The first-order valence-electron chi connectivity index (χ1n) is 5.03. The van der Waals surface area contributed by atoms with E-state index in [9.17, 15) is 9.59 Å². The number of carbonyl (C=O) groups excluding carboxylic acids is 2. The Hall–Kier alpha value is -1.10. The number of hydrogen-bond donors (Lipinski definition) is 3. The number of hydrogen-bond acceptors (Lipinski definition) is 3. The highest BCUT2D eigenvalue weighted by molar-refractivity contribution is 5.85. The fraction of sp³-hybridized carbons (Fsp3) is 0.800. The molecule has 2 amide bonds. The maximum atomic E-state index is 11.4. The average Bonchev–Trinajstić information content (AvgIpc) is 2.12. The third kappa shape index (κ3) is 6.06. The van der Waals surface area contributed by atoms with Gasteiger partial charge in [-0.25, -0.2) is 0 Å². The van der Waals surface area contributed by atoms with E-state index in [-0.39, 0.29) is 36.4 Å². The van der Waals surface area contributed by atoms with Gasteiger partial charge < -0.3 is 16.4 Å². The van der Waals surface area contributed by atoms with Gasteiger partial charge in [-0.15, -0.1) is 0 Å². The molecule has 5 heteroatoms. The molecule has 0 saturated heterocycles. The average molecular weight is 215 g/mol. The van der Waals surface area contributed by atoms with E-state index in [4.69, 9.17) is 5.73 Å². The van der Waals surface area contributed by atoms with Gasteiger partial charge >= 0.3 is 0 Å². The highest BCUT2D eigenvalue weighted by Crippen LogP contribution is 2.18. The standard InChI is InChI=1S/C10H21N3O2/c1-7(10(2,3)4)13-9(15)6-12-8(14)5-11/h7H,5-6,11H2,1-4H3,(H,12,14)(H,13,15). The first-order chi connectivity index (χ1) is 6.77. The molecule has 15 heavy (non-hydrogen) atoms. The largest absolute Gasteiger partial charge is 0.352 e. The van der Waals surface area contributed by atoms with Crippen molar-refractivity contribution < 1.29 is 9.59 Å². The van der Waals surface area contributed by atoms with E-state index in [1.807, 2.05) is 27.7 Å². The summed E-state index contributed by atoms with van der Waals surface area (Å²) in [7, 11) is 0. The quantitative estimate of drug-likeness (QED) is 0.597. The van der Waals surface area contributed by atoms with Crippen LogP contribution in [0.1, 0.15) is 27.7 Å². The lowest BCUT2D eigenvalue weighted by atomic mass is 9.88. The molecule has 0 aliphatic rings. The molecule has 4 N–H and O–H groups in total. The minimum atomic E-state index is -0.325. The Labute approximate surface area is 90.8 Å². The van der Waals surface area contributed by atoms with Crippen LogP contribution in [0.3, 0.4) is 0 Å². The second-order valence-corrected chi connectivity index (χ2v) is 4.64. The van der Waals surface area contributed by atoms with Crippen molar-refractivity contribution in [2.24, 2.45) is 11.1 Å². The van der Waals surface area contributed by atoms with Crippen LogP contribution < -0.4 is 16.4 Å². The lowest BCUT2D eigenvalue weighted by molar-refractivity contribution is -0.126. The number of amides is 2. The summed E-state index contributed by atoms with van der Waals surface area (Å²) in [6.45, 7) is 7.93. The maximum absolute atomic E-state index is 11.4. The highest BCUT2D eigenvalue weighted by Gasteiger charge is 2.21. The van der Waals surface area contributed by atoms with Crippen molar-refractivity contribution in [3.05, 3.63) is 0 Å². The molecular formula is C10H21N3O2. The summed E-state index contributed by atoms with van der Waals surface area (Å²) < 4.78 is 0. The summed E-state index contributed by atoms with van der Waals surface area (Å²) in [4.78, 5) is 22.1. The van der Waals surface area contributed by atoms with Crippen molar-refractivity contribution in [2.45, 2.75) is 33.7 Å². The van der Waals surface area contributed by atoms with Crippen LogP contribution in [0.25, 0.3) is 0 Å². The van der Waals surface area contributed by atoms with E-state index in [1.54, 1.807) is 0 Å². The molecule has 1 unspecified atom stereocenters. The second-order valence-electron chi connectivity index (χ2n) is 4.64. The van der Waals surface area contributed by atoms with Gasteiger partial charge in [0.1, 0.15) is 0 Å². The van der Waals surface area contributed by atoms with Crippen molar-refractivity contribution in [1.29, 1.82) is 0 Å². The summed E-state index contributed by atoms with van der Waals surface area (Å²) in [6.07, 6.45) is 0. The van der Waals surface area contributed by atoms with Crippen molar-refractivity contribution in [1.82, 2.24) is 10.6 Å². The van der Waals surface area contributed by atoms with Crippen molar-refractivity contribution in [3.63, 3.8) is 0 Å². The van der Waals surface area contributed by atoms with Crippen LogP contribution in [0.15, 0.2) is 0 Å². The molecule has 0 aromatic heterocycles. The van der Waals surface area contributed by atoms with Crippen LogP contribution >= 0.6 is 0 Å². The van der Waals surface area contributed by atoms with Crippen LogP contribution in [0.2, 0.25) is 0 Å². The van der Waals surface area contributed by atoms with Gasteiger partial charge in [-0.1, -0.05) is 20.8 Å². The van der Waals surface area contributed by atoms with Gasteiger partial charge in [0.15, 0.2) is 0 Å². The number of nitrogens with one attached hydrogen (secondary N) is 2. The Kier molecular flexibility index (Phi) is 5.28. The molecule has 0 aromatic rings. The Morgan fingerprint density at radius 1 is 1.27 bits per heavy atom. The van der Waals surface area contributed by atoms with Crippen molar-refractivity contribution >= 4 is 11.8 Å². The zero-order valence-corrected chi connectivity index (χ0v) is 9.89. The molecule has 0 aromatic carbocycles.